The molecule has 0 heterocycles. The van der Waals surface area contributed by atoms with Crippen molar-refractivity contribution in [3.8, 4) is 11.1 Å². The number of fused-ring (bicyclic) bond motifs is 3. The number of aryl methyl sites for hydroxylation is 1. The molecule has 1 aliphatic rings. The molecule has 0 bridgehead atoms. The van der Waals surface area contributed by atoms with Crippen LogP contribution in [0.2, 0.25) is 0 Å². The van der Waals surface area contributed by atoms with E-state index in [0.717, 1.165) is 27.8 Å². The van der Waals surface area contributed by atoms with Gasteiger partial charge in [0.15, 0.2) is 0 Å². The van der Waals surface area contributed by atoms with E-state index in [0.29, 0.717) is 11.1 Å². The van der Waals surface area contributed by atoms with Crippen molar-refractivity contribution < 1.29 is 51.4 Å². The van der Waals surface area contributed by atoms with Crippen LogP contribution in [0.1, 0.15) is 73.8 Å². The predicted octanol–water partition coefficient (Wildman–Crippen LogP) is 5.08. The molecule has 5 aromatic carbocycles. The summed E-state index contributed by atoms with van der Waals surface area (Å²) in [7, 11) is -4.04. The van der Waals surface area contributed by atoms with E-state index in [1.54, 1.807) is 93.6 Å². The van der Waals surface area contributed by atoms with Gasteiger partial charge >= 0.3 is 18.0 Å². The Morgan fingerprint density at radius 2 is 1.27 bits per heavy atom. The normalized spacial score (nSPS) is 13.5. The summed E-state index contributed by atoms with van der Waals surface area (Å²) in [5.74, 6) is -4.91. The van der Waals surface area contributed by atoms with Gasteiger partial charge in [-0.05, 0) is 86.1 Å². The molecule has 7 N–H and O–H groups in total. The zero-order valence-corrected chi connectivity index (χ0v) is 41.9. The van der Waals surface area contributed by atoms with Crippen molar-refractivity contribution in [1.82, 2.24) is 26.0 Å². The monoisotopic (exact) mass is 1020 g/mol. The van der Waals surface area contributed by atoms with E-state index < -0.39 is 88.4 Å². The molecule has 0 fully saturated rings. The molecule has 4 amide bonds. The molecule has 18 nitrogen and oxygen atoms in total. The molecule has 0 unspecified atom stereocenters. The number of ether oxygens (including phenoxy) is 3. The van der Waals surface area contributed by atoms with Crippen molar-refractivity contribution in [2.75, 3.05) is 19.7 Å². The number of esters is 2. The van der Waals surface area contributed by atoms with Crippen LogP contribution in [0.4, 0.5) is 4.79 Å². The highest BCUT2D eigenvalue weighted by molar-refractivity contribution is 7.90. The molecule has 0 spiro atoms. The van der Waals surface area contributed by atoms with Crippen molar-refractivity contribution in [2.24, 2.45) is 10.7 Å². The van der Waals surface area contributed by atoms with Crippen LogP contribution in [0.5, 0.6) is 0 Å². The lowest BCUT2D eigenvalue weighted by Gasteiger charge is -2.26. The van der Waals surface area contributed by atoms with E-state index in [4.69, 9.17) is 19.9 Å². The van der Waals surface area contributed by atoms with Crippen LogP contribution in [0.15, 0.2) is 143 Å². The maximum Gasteiger partial charge on any atom is 0.407 e. The summed E-state index contributed by atoms with van der Waals surface area (Å²) < 4.78 is 44.7. The van der Waals surface area contributed by atoms with E-state index >= 15 is 0 Å². The minimum Gasteiger partial charge on any atom is -0.461 e. The second-order valence-corrected chi connectivity index (χ2v) is 20.0. The van der Waals surface area contributed by atoms with Gasteiger partial charge in [-0.3, -0.25) is 24.2 Å². The summed E-state index contributed by atoms with van der Waals surface area (Å²) in [5, 5.41) is 10.2. The van der Waals surface area contributed by atoms with Gasteiger partial charge in [-0.15, -0.1) is 0 Å². The highest BCUT2D eigenvalue weighted by Crippen LogP contribution is 2.44. The topological polar surface area (TPSA) is 263 Å². The second-order valence-electron chi connectivity index (χ2n) is 18.3. The molecule has 73 heavy (non-hydrogen) atoms. The molecular weight excluding hydrogens is 955 g/mol. The van der Waals surface area contributed by atoms with E-state index in [1.807, 2.05) is 55.5 Å². The van der Waals surface area contributed by atoms with Gasteiger partial charge in [0.05, 0.1) is 17.9 Å². The Hall–Kier alpha value is -8.06. The van der Waals surface area contributed by atoms with Crippen LogP contribution in [0, 0.1) is 6.92 Å². The van der Waals surface area contributed by atoms with Crippen molar-refractivity contribution in [3.05, 3.63) is 161 Å². The highest BCUT2D eigenvalue weighted by Gasteiger charge is 2.33. The van der Waals surface area contributed by atoms with Gasteiger partial charge < -0.3 is 41.2 Å². The first kappa shape index (κ1) is 54.3. The largest absolute Gasteiger partial charge is 0.461 e. The predicted molar refractivity (Wildman–Crippen MR) is 273 cm³/mol. The number of rotatable bonds is 22. The molecule has 3 atom stereocenters. The zero-order chi connectivity index (χ0) is 52.5. The number of carbonyl (C=O) groups is 6. The molecule has 0 radical (unpaired) electrons. The minimum absolute atomic E-state index is 0.0210. The number of alkyl carbamates (subject to hydrolysis) is 1. The van der Waals surface area contributed by atoms with Gasteiger partial charge in [0.2, 0.25) is 23.7 Å². The number of hydrogen-bond acceptors (Lipinski definition) is 12. The van der Waals surface area contributed by atoms with E-state index in [9.17, 15) is 37.2 Å². The van der Waals surface area contributed by atoms with E-state index in [1.165, 1.54) is 12.1 Å². The Morgan fingerprint density at radius 1 is 0.685 bits per heavy atom. The molecule has 384 valence electrons. The maximum absolute atomic E-state index is 14.0. The van der Waals surface area contributed by atoms with Crippen LogP contribution in [-0.4, -0.2) is 93.6 Å². The Bertz CT molecular complexity index is 2830. The second kappa shape index (κ2) is 25.4. The third-order valence-electron chi connectivity index (χ3n) is 11.4. The summed E-state index contributed by atoms with van der Waals surface area (Å²) in [6, 6.07) is 35.2. The number of nitrogens with two attached hydrogens (primary N) is 1. The Kier molecular flexibility index (Phi) is 18.9. The molecule has 5 aromatic rings. The van der Waals surface area contributed by atoms with Crippen LogP contribution < -0.4 is 31.7 Å². The average Bonchev–Trinajstić information content (AvgIpc) is 3.68. The summed E-state index contributed by atoms with van der Waals surface area (Å²) in [6.07, 6.45) is -1.54. The van der Waals surface area contributed by atoms with Gasteiger partial charge in [-0.1, -0.05) is 127 Å². The molecule has 0 aromatic heterocycles. The molecule has 1 aliphatic carbocycles. The highest BCUT2D eigenvalue weighted by atomic mass is 32.2. The van der Waals surface area contributed by atoms with Crippen molar-refractivity contribution in [1.29, 1.82) is 0 Å². The lowest BCUT2D eigenvalue weighted by molar-refractivity contribution is -0.158. The van der Waals surface area contributed by atoms with Crippen molar-refractivity contribution >= 4 is 51.7 Å². The summed E-state index contributed by atoms with van der Waals surface area (Å²) in [4.78, 5) is 85.8. The number of amides is 4. The number of hydrogen-bond donors (Lipinski definition) is 6. The Labute approximate surface area is 424 Å². The fourth-order valence-electron chi connectivity index (χ4n) is 7.89. The molecule has 6 rings (SSSR count). The first-order chi connectivity index (χ1) is 34.8. The number of nitrogens with zero attached hydrogens (tertiary/aromatic N) is 1. The quantitative estimate of drug-likeness (QED) is 0.0174. The first-order valence-corrected chi connectivity index (χ1v) is 25.2. The summed E-state index contributed by atoms with van der Waals surface area (Å²) >= 11 is 0. The number of nitrogens with one attached hydrogen (secondary N) is 5. The SMILES string of the molecule is Cc1ccc(S(=O)(=O)NC(N)=NCCC[C@H](NC(=O)OCC2c3ccccc3-c3ccccc32)C(=O)NCC(=O)N[C@@H](CC(=O)OCc2ccccc2)C(=O)N[C@H](Cc2ccccc2)C(=O)OC(C)(C)C)cc1. The van der Waals surface area contributed by atoms with Gasteiger partial charge in [0, 0.05) is 18.9 Å². The third-order valence-corrected chi connectivity index (χ3v) is 12.8. The number of aliphatic imine (C=N–C) groups is 1. The minimum atomic E-state index is -4.04. The van der Waals surface area contributed by atoms with Crippen LogP contribution in [0.3, 0.4) is 0 Å². The van der Waals surface area contributed by atoms with Gasteiger partial charge in [0.25, 0.3) is 10.0 Å². The van der Waals surface area contributed by atoms with Gasteiger partial charge in [-0.25, -0.2) is 22.7 Å². The summed E-state index contributed by atoms with van der Waals surface area (Å²) in [6.45, 7) is 5.86. The first-order valence-electron chi connectivity index (χ1n) is 23.7. The number of carbonyl (C=O) groups excluding carboxylic acids is 6. The fraction of sp³-hybridized carbons (Fsp3) is 0.315. The molecule has 0 saturated heterocycles. The number of sulfonamides is 1. The molecule has 0 saturated carbocycles. The van der Waals surface area contributed by atoms with Crippen molar-refractivity contribution in [2.45, 2.75) is 94.5 Å². The van der Waals surface area contributed by atoms with Crippen molar-refractivity contribution in [3.63, 3.8) is 0 Å². The molecule has 0 aliphatic heterocycles. The number of benzene rings is 5. The van der Waals surface area contributed by atoms with Gasteiger partial charge in [-0.2, -0.15) is 0 Å². The molecular formula is C54H61N7O11S. The number of guanidine groups is 1. The van der Waals surface area contributed by atoms with E-state index in [-0.39, 0.29) is 49.8 Å². The Morgan fingerprint density at radius 3 is 1.89 bits per heavy atom. The zero-order valence-electron chi connectivity index (χ0n) is 41.1. The smallest absolute Gasteiger partial charge is 0.407 e. The summed E-state index contributed by atoms with van der Waals surface area (Å²) in [5.41, 5.74) is 11.2. The fourth-order valence-corrected chi connectivity index (χ4v) is 8.84. The van der Waals surface area contributed by atoms with Crippen LogP contribution in [0.25, 0.3) is 11.1 Å². The lowest BCUT2D eigenvalue weighted by Crippen LogP contribution is -2.55. The van der Waals surface area contributed by atoms with E-state index in [2.05, 4.69) is 31.0 Å². The van der Waals surface area contributed by atoms with Crippen LogP contribution in [-0.2, 0) is 61.2 Å². The Balaban J connectivity index is 1.14. The average molecular weight is 1020 g/mol. The third kappa shape index (κ3) is 16.5. The van der Waals surface area contributed by atoms with Crippen LogP contribution >= 0.6 is 0 Å². The molecule has 19 heteroatoms. The maximum atomic E-state index is 14.0. The lowest BCUT2D eigenvalue weighted by atomic mass is 9.98. The van der Waals surface area contributed by atoms with Gasteiger partial charge in [0.1, 0.15) is 36.9 Å². The standard InChI is InChI=1S/C54H61N7O11S/c1-35-25-27-38(28-26-35)73(68,69)61-52(55)56-29-15-24-44(60-53(67)71-34-43-41-22-13-11-20-39(41)40-21-12-14-23-42(40)43)49(64)57-32-47(62)58-45(31-48(63)70-33-37-18-9-6-10-19-37)50(65)59-46(51(66)72-54(2,3)4)30-36-16-7-5-8-17-36/h5-14,16-23,25-28,43-46H,15,24,29-34H2,1-4H3,(H,57,64)(H,58,62)(H,59,65)(H,60,67)(H3,55,56,61)/t44-,45-,46+/m0/s1.